The molecule has 168 valence electrons. The van der Waals surface area contributed by atoms with Gasteiger partial charge in [-0.3, -0.25) is 14.1 Å². The molecule has 3 aromatic rings. The van der Waals surface area contributed by atoms with Crippen molar-refractivity contribution in [1.29, 1.82) is 0 Å². The van der Waals surface area contributed by atoms with Crippen LogP contribution in [-0.4, -0.2) is 55.1 Å². The number of aryl methyl sites for hydroxylation is 1. The van der Waals surface area contributed by atoms with E-state index in [0.29, 0.717) is 17.2 Å². The number of phosphoric acid groups is 1. The molecule has 2 aromatic heterocycles. The van der Waals surface area contributed by atoms with Gasteiger partial charge in [0.2, 0.25) is 0 Å². The summed E-state index contributed by atoms with van der Waals surface area (Å²) in [6.07, 6.45) is 1.52. The molecule has 1 amide bonds. The number of ether oxygens (including phenoxy) is 1. The topological polar surface area (TPSA) is 152 Å². The Kier molecular flexibility index (Phi) is 5.89. The van der Waals surface area contributed by atoms with E-state index in [9.17, 15) is 13.8 Å². The number of halogens is 1. The van der Waals surface area contributed by atoms with Crippen LogP contribution in [0.2, 0.25) is 0 Å². The van der Waals surface area contributed by atoms with E-state index in [1.807, 2.05) is 0 Å². The average Bonchev–Trinajstić information content (AvgIpc) is 3.31. The molecule has 0 unspecified atom stereocenters. The number of hydrogen-bond acceptors (Lipinski definition) is 8. The van der Waals surface area contributed by atoms with E-state index in [1.54, 1.807) is 25.4 Å². The largest absolute Gasteiger partial charge is 0.469 e. The van der Waals surface area contributed by atoms with Crippen molar-refractivity contribution < 1.29 is 32.8 Å². The Bertz CT molecular complexity index is 1180. The molecule has 4 rings (SSSR count). The van der Waals surface area contributed by atoms with E-state index in [4.69, 9.17) is 14.5 Å². The number of nitrogens with one attached hydrogen (secondary N) is 1. The summed E-state index contributed by atoms with van der Waals surface area (Å²) < 4.78 is 36.5. The van der Waals surface area contributed by atoms with E-state index in [0.717, 1.165) is 4.90 Å². The molecule has 1 aliphatic rings. The number of rotatable bonds is 7. The molecule has 32 heavy (non-hydrogen) atoms. The highest BCUT2D eigenvalue weighted by Crippen LogP contribution is 2.37. The van der Waals surface area contributed by atoms with Crippen LogP contribution in [0.25, 0.3) is 11.1 Å². The summed E-state index contributed by atoms with van der Waals surface area (Å²) in [6.45, 7) is -0.518. The van der Waals surface area contributed by atoms with Crippen LogP contribution in [0, 0.1) is 5.82 Å². The molecule has 14 heteroatoms. The number of pyridine rings is 1. The van der Waals surface area contributed by atoms with Crippen LogP contribution in [0.1, 0.15) is 0 Å². The number of benzene rings is 1. The van der Waals surface area contributed by atoms with Crippen molar-refractivity contribution in [2.75, 3.05) is 23.4 Å². The van der Waals surface area contributed by atoms with Gasteiger partial charge in [-0.1, -0.05) is 5.21 Å². The van der Waals surface area contributed by atoms with Gasteiger partial charge in [-0.2, -0.15) is 0 Å². The summed E-state index contributed by atoms with van der Waals surface area (Å²) in [5.74, 6) is 0.446. The Morgan fingerprint density at radius 3 is 2.75 bits per heavy atom. The fourth-order valence-electron chi connectivity index (χ4n) is 3.07. The second kappa shape index (κ2) is 8.63. The molecule has 1 fully saturated rings. The van der Waals surface area contributed by atoms with Gasteiger partial charge >= 0.3 is 13.9 Å². The number of cyclic esters (lactones) is 1. The summed E-state index contributed by atoms with van der Waals surface area (Å²) in [7, 11) is -2.95. The fourth-order valence-corrected chi connectivity index (χ4v) is 3.43. The monoisotopic (exact) mass is 464 g/mol. The number of phosphoric ester groups is 1. The Balaban J connectivity index is 1.45. The summed E-state index contributed by atoms with van der Waals surface area (Å²) >= 11 is 0. The van der Waals surface area contributed by atoms with Crippen molar-refractivity contribution in [2.45, 2.75) is 6.10 Å². The molecule has 3 heterocycles. The second-order valence-corrected chi connectivity index (χ2v) is 8.14. The van der Waals surface area contributed by atoms with Crippen LogP contribution in [0.5, 0.6) is 0 Å². The zero-order chi connectivity index (χ0) is 22.9. The lowest BCUT2D eigenvalue weighted by molar-refractivity contribution is 0.0880. The second-order valence-electron chi connectivity index (χ2n) is 6.90. The molecular formula is C18H18FN6O6P. The molecule has 0 spiro atoms. The Morgan fingerprint density at radius 1 is 1.31 bits per heavy atom. The molecule has 0 saturated carbocycles. The molecule has 1 aromatic carbocycles. The van der Waals surface area contributed by atoms with Gasteiger partial charge in [-0.05, 0) is 30.3 Å². The predicted octanol–water partition coefficient (Wildman–Crippen LogP) is 2.19. The summed E-state index contributed by atoms with van der Waals surface area (Å²) in [5, 5.41) is 10.7. The highest BCUT2D eigenvalue weighted by Gasteiger charge is 2.34. The van der Waals surface area contributed by atoms with Crippen molar-refractivity contribution >= 4 is 31.2 Å². The standard InChI is InChI=1S/C18H18FN6O6P/c1-24-9-17(22-23-24)21-16-5-2-11(7-20-16)14-4-3-12(6-15(14)19)25-8-13(31-18(25)26)10-30-32(27,28)29/h2-7,9,13H,8,10H2,1H3,(H,20,21)(H2,27,28,29)/t13-/m1/s1. The Morgan fingerprint density at radius 2 is 2.12 bits per heavy atom. The van der Waals surface area contributed by atoms with Gasteiger partial charge < -0.3 is 19.8 Å². The quantitative estimate of drug-likeness (QED) is 0.444. The summed E-state index contributed by atoms with van der Waals surface area (Å²) in [4.78, 5) is 35.0. The lowest BCUT2D eigenvalue weighted by Crippen LogP contribution is -2.25. The smallest absolute Gasteiger partial charge is 0.441 e. The van der Waals surface area contributed by atoms with Crippen molar-refractivity contribution in [3.8, 4) is 11.1 Å². The van der Waals surface area contributed by atoms with Crippen LogP contribution in [0.3, 0.4) is 0 Å². The number of anilines is 3. The molecular weight excluding hydrogens is 446 g/mol. The third-order valence-corrected chi connectivity index (χ3v) is 4.99. The van der Waals surface area contributed by atoms with Gasteiger partial charge in [-0.25, -0.2) is 18.7 Å². The lowest BCUT2D eigenvalue weighted by Gasteiger charge is -2.14. The van der Waals surface area contributed by atoms with Gasteiger partial charge in [0.15, 0.2) is 5.82 Å². The van der Waals surface area contributed by atoms with Gasteiger partial charge in [0.05, 0.1) is 25.0 Å². The summed E-state index contributed by atoms with van der Waals surface area (Å²) in [5.41, 5.74) is 1.04. The van der Waals surface area contributed by atoms with Crippen LogP contribution in [-0.2, 0) is 20.9 Å². The maximum atomic E-state index is 14.8. The number of hydrogen-bond donors (Lipinski definition) is 3. The molecule has 1 saturated heterocycles. The summed E-state index contributed by atoms with van der Waals surface area (Å²) in [6, 6.07) is 7.57. The minimum absolute atomic E-state index is 0.0398. The van der Waals surface area contributed by atoms with Crippen molar-refractivity contribution in [3.63, 3.8) is 0 Å². The molecule has 1 atom stereocenters. The SMILES string of the molecule is Cn1cc(Nc2ccc(-c3ccc(N4C[C@H](COP(=O)(O)O)OC4=O)cc3F)cn2)nn1. The van der Waals surface area contributed by atoms with Crippen molar-refractivity contribution in [1.82, 2.24) is 20.0 Å². The first kappa shape index (κ1) is 21.8. The minimum atomic E-state index is -4.69. The van der Waals surface area contributed by atoms with Crippen molar-refractivity contribution in [3.05, 3.63) is 48.5 Å². The highest BCUT2D eigenvalue weighted by molar-refractivity contribution is 7.46. The Hall–Kier alpha value is -3.38. The van der Waals surface area contributed by atoms with Crippen LogP contribution >= 0.6 is 7.82 Å². The average molecular weight is 464 g/mol. The fraction of sp³-hybridized carbons (Fsp3) is 0.222. The lowest BCUT2D eigenvalue weighted by atomic mass is 10.1. The van der Waals surface area contributed by atoms with Gasteiger partial charge in [-0.15, -0.1) is 5.10 Å². The number of amides is 1. The van der Waals surface area contributed by atoms with Crippen LogP contribution in [0.15, 0.2) is 42.7 Å². The molecule has 0 bridgehead atoms. The number of aromatic nitrogens is 4. The predicted molar refractivity (Wildman–Crippen MR) is 110 cm³/mol. The number of carbonyl (C=O) groups is 1. The Labute approximate surface area is 180 Å². The molecule has 12 nitrogen and oxygen atoms in total. The van der Waals surface area contributed by atoms with Crippen LogP contribution in [0.4, 0.5) is 26.5 Å². The number of nitrogens with zero attached hydrogens (tertiary/aromatic N) is 5. The normalized spacial score (nSPS) is 16.3. The zero-order valence-corrected chi connectivity index (χ0v) is 17.5. The first-order chi connectivity index (χ1) is 15.2. The molecule has 1 aliphatic heterocycles. The third-order valence-electron chi connectivity index (χ3n) is 4.50. The van der Waals surface area contributed by atoms with E-state index in [1.165, 1.54) is 29.1 Å². The first-order valence-corrected chi connectivity index (χ1v) is 10.8. The first-order valence-electron chi connectivity index (χ1n) is 9.25. The maximum Gasteiger partial charge on any atom is 0.469 e. The van der Waals surface area contributed by atoms with E-state index in [2.05, 4.69) is 25.1 Å². The highest BCUT2D eigenvalue weighted by atomic mass is 31.2. The third kappa shape index (κ3) is 5.08. The van der Waals surface area contributed by atoms with E-state index in [-0.39, 0.29) is 17.8 Å². The van der Waals surface area contributed by atoms with Gasteiger partial charge in [0.25, 0.3) is 0 Å². The van der Waals surface area contributed by atoms with E-state index < -0.39 is 32.4 Å². The van der Waals surface area contributed by atoms with E-state index >= 15 is 0 Å². The van der Waals surface area contributed by atoms with Crippen molar-refractivity contribution in [2.24, 2.45) is 7.05 Å². The van der Waals surface area contributed by atoms with Crippen LogP contribution < -0.4 is 10.2 Å². The van der Waals surface area contributed by atoms with Gasteiger partial charge in [0.1, 0.15) is 17.7 Å². The zero-order valence-electron chi connectivity index (χ0n) is 16.6. The molecule has 0 radical (unpaired) electrons. The number of carbonyl (C=O) groups excluding carboxylic acids is 1. The van der Waals surface area contributed by atoms with Gasteiger partial charge in [0, 0.05) is 24.4 Å². The maximum absolute atomic E-state index is 14.8. The molecule has 3 N–H and O–H groups in total. The molecule has 0 aliphatic carbocycles. The minimum Gasteiger partial charge on any atom is -0.441 e.